The molecule has 1 aromatic heterocycles. The molecule has 162 valence electrons. The Kier molecular flexibility index (Phi) is 5.73. The van der Waals surface area contributed by atoms with E-state index in [1.807, 2.05) is 41.3 Å². The molecule has 2 aromatic carbocycles. The molecule has 0 unspecified atom stereocenters. The van der Waals surface area contributed by atoms with Crippen LogP contribution in [0.5, 0.6) is 0 Å². The van der Waals surface area contributed by atoms with Gasteiger partial charge in [-0.1, -0.05) is 24.3 Å². The third-order valence-electron chi connectivity index (χ3n) is 6.41. The molecule has 0 bridgehead atoms. The first kappa shape index (κ1) is 21.5. The zero-order valence-electron chi connectivity index (χ0n) is 17.3. The molecule has 0 atom stereocenters. The first-order valence-corrected chi connectivity index (χ1v) is 12.4. The van der Waals surface area contributed by atoms with Crippen LogP contribution in [0.4, 0.5) is 0 Å². The molecule has 3 aromatic rings. The smallest absolute Gasteiger partial charge is 0.256 e. The van der Waals surface area contributed by atoms with Gasteiger partial charge in [0.2, 0.25) is 0 Å². The van der Waals surface area contributed by atoms with Gasteiger partial charge in [-0.2, -0.15) is 5.26 Å². The van der Waals surface area contributed by atoms with Crippen molar-refractivity contribution in [3.63, 3.8) is 0 Å². The monoisotopic (exact) mass is 556 g/mol. The van der Waals surface area contributed by atoms with Gasteiger partial charge < -0.3 is 4.90 Å². The number of carbonyl (C=O) groups excluding carboxylic acids is 1. The summed E-state index contributed by atoms with van der Waals surface area (Å²) >= 11 is 2.28. The highest BCUT2D eigenvalue weighted by molar-refractivity contribution is 14.1. The molecule has 32 heavy (non-hydrogen) atoms. The second-order valence-corrected chi connectivity index (χ2v) is 10.3. The second-order valence-electron chi connectivity index (χ2n) is 8.31. The third-order valence-corrected chi connectivity index (χ3v) is 7.71. The number of amides is 1. The van der Waals surface area contributed by atoms with Gasteiger partial charge in [0.15, 0.2) is 0 Å². The Bertz CT molecular complexity index is 1260. The Morgan fingerprint density at radius 3 is 2.44 bits per heavy atom. The van der Waals surface area contributed by atoms with E-state index in [4.69, 9.17) is 0 Å². The van der Waals surface area contributed by atoms with Gasteiger partial charge in [0.25, 0.3) is 5.91 Å². The maximum atomic E-state index is 13.5. The average molecular weight is 556 g/mol. The predicted octanol–water partition coefficient (Wildman–Crippen LogP) is 3.68. The highest BCUT2D eigenvalue weighted by atomic mass is 127. The summed E-state index contributed by atoms with van der Waals surface area (Å²) in [4.78, 5) is 19.9. The molecule has 1 saturated heterocycles. The van der Waals surface area contributed by atoms with E-state index in [1.165, 1.54) is 0 Å². The highest BCUT2D eigenvalue weighted by Crippen LogP contribution is 2.48. The Morgan fingerprint density at radius 1 is 1.09 bits per heavy atom. The Labute approximate surface area is 204 Å². The van der Waals surface area contributed by atoms with Crippen LogP contribution >= 0.6 is 22.6 Å². The zero-order valence-corrected chi connectivity index (χ0v) is 20.3. The predicted molar refractivity (Wildman–Crippen MR) is 133 cm³/mol. The number of benzene rings is 2. The molecule has 5 rings (SSSR count). The number of rotatable bonds is 4. The van der Waals surface area contributed by atoms with Crippen molar-refractivity contribution in [3.05, 3.63) is 63.4 Å². The number of aromatic nitrogens is 1. The molecule has 0 N–H and O–H groups in total. The van der Waals surface area contributed by atoms with Crippen LogP contribution in [0.3, 0.4) is 0 Å². The molecule has 0 radical (unpaired) electrons. The van der Waals surface area contributed by atoms with Gasteiger partial charge >= 0.3 is 0 Å². The van der Waals surface area contributed by atoms with Gasteiger partial charge in [-0.05, 0) is 64.8 Å². The summed E-state index contributed by atoms with van der Waals surface area (Å²) in [6.07, 6.45) is 3.48. The molecule has 6 nitrogen and oxygen atoms in total. The van der Waals surface area contributed by atoms with Crippen molar-refractivity contribution >= 4 is 51.3 Å². The number of hydrogen-bond acceptors (Lipinski definition) is 4. The van der Waals surface area contributed by atoms with E-state index in [0.717, 1.165) is 44.0 Å². The maximum Gasteiger partial charge on any atom is 0.256 e. The highest BCUT2D eigenvalue weighted by Gasteiger charge is 2.44. The lowest BCUT2D eigenvalue weighted by Gasteiger charge is -2.32. The molecular weight excluding hydrogens is 535 g/mol. The van der Waals surface area contributed by atoms with Gasteiger partial charge in [-0.15, -0.1) is 0 Å². The largest absolute Gasteiger partial charge is 0.336 e. The van der Waals surface area contributed by atoms with Crippen molar-refractivity contribution in [2.24, 2.45) is 0 Å². The topological polar surface area (TPSA) is 77.3 Å². The fourth-order valence-electron chi connectivity index (χ4n) is 4.33. The Hall–Kier alpha value is -2.35. The number of thiol groups is 1. The van der Waals surface area contributed by atoms with Crippen LogP contribution in [0.2, 0.25) is 0 Å². The van der Waals surface area contributed by atoms with Gasteiger partial charge in [-0.25, -0.2) is 8.51 Å². The van der Waals surface area contributed by atoms with E-state index in [0.29, 0.717) is 31.7 Å². The van der Waals surface area contributed by atoms with E-state index in [2.05, 4.69) is 39.7 Å². The van der Waals surface area contributed by atoms with Crippen LogP contribution in [-0.4, -0.2) is 50.5 Å². The van der Waals surface area contributed by atoms with Crippen LogP contribution in [0.15, 0.2) is 48.7 Å². The summed E-state index contributed by atoms with van der Waals surface area (Å²) in [6.45, 7) is 2.22. The summed E-state index contributed by atoms with van der Waals surface area (Å²) in [5.74, 6) is -0.0600. The van der Waals surface area contributed by atoms with Crippen LogP contribution in [-0.2, 0) is 17.3 Å². The van der Waals surface area contributed by atoms with Gasteiger partial charge in [0, 0.05) is 46.9 Å². The zero-order chi connectivity index (χ0) is 22.3. The lowest BCUT2D eigenvalue weighted by atomic mass is 9.92. The summed E-state index contributed by atoms with van der Waals surface area (Å²) < 4.78 is 14.0. The molecule has 2 heterocycles. The van der Waals surface area contributed by atoms with E-state index in [9.17, 15) is 14.3 Å². The van der Waals surface area contributed by atoms with Crippen molar-refractivity contribution < 1.29 is 9.00 Å². The Balaban J connectivity index is 1.60. The molecule has 8 heteroatoms. The van der Waals surface area contributed by atoms with Crippen molar-refractivity contribution in [2.45, 2.75) is 18.3 Å². The van der Waals surface area contributed by atoms with E-state index in [1.54, 1.807) is 10.5 Å². The molecule has 1 aliphatic heterocycles. The summed E-state index contributed by atoms with van der Waals surface area (Å²) in [7, 11) is 0. The quantitative estimate of drug-likeness (QED) is 0.393. The molecule has 1 amide bonds. The number of halogens is 1. The van der Waals surface area contributed by atoms with Gasteiger partial charge in [-0.3, -0.25) is 9.78 Å². The minimum absolute atomic E-state index is 0.00186. The number of carbonyl (C=O) groups is 1. The number of fused-ring (bicyclic) bond motifs is 1. The number of nitrogens with zero attached hydrogens (tertiary/aromatic N) is 4. The lowest BCUT2D eigenvalue weighted by Crippen LogP contribution is -2.47. The maximum absolute atomic E-state index is 13.5. The third kappa shape index (κ3) is 3.83. The number of piperazine rings is 1. The standard InChI is InChI=1S/C24H21IN4O2S/c25-18-5-6-21-19(13-18)22(16-1-3-17(4-2-16)24(15-26)7-8-24)20(14-27-21)23(30)28-9-11-29(32-31)12-10-28/h1-6,13-14,32H,7-12H2. The molecule has 1 saturated carbocycles. The van der Waals surface area contributed by atoms with Crippen molar-refractivity contribution in [3.8, 4) is 17.2 Å². The van der Waals surface area contributed by atoms with E-state index < -0.39 is 0 Å². The van der Waals surface area contributed by atoms with Crippen molar-refractivity contribution in [1.29, 1.82) is 5.26 Å². The molecular formula is C24H21IN4O2S. The average Bonchev–Trinajstić information content (AvgIpc) is 3.64. The SMILES string of the molecule is N#CC1(c2ccc(-c3c(C(=O)N4CCN([SH]=O)CC4)cnc4ccc(I)cc34)cc2)CC1. The molecule has 2 aliphatic rings. The van der Waals surface area contributed by atoms with Crippen LogP contribution < -0.4 is 0 Å². The first-order valence-electron chi connectivity index (χ1n) is 10.5. The fraction of sp³-hybridized carbons (Fsp3) is 0.292. The number of hydrogen-bond donors (Lipinski definition) is 1. The van der Waals surface area contributed by atoms with Crippen LogP contribution in [0.25, 0.3) is 22.0 Å². The number of pyridine rings is 1. The first-order chi connectivity index (χ1) is 15.5. The van der Waals surface area contributed by atoms with E-state index in [-0.39, 0.29) is 23.2 Å². The van der Waals surface area contributed by atoms with E-state index >= 15 is 0 Å². The van der Waals surface area contributed by atoms with Crippen LogP contribution in [0.1, 0.15) is 28.8 Å². The minimum Gasteiger partial charge on any atom is -0.336 e. The molecule has 2 fully saturated rings. The lowest BCUT2D eigenvalue weighted by molar-refractivity contribution is 0.0703. The van der Waals surface area contributed by atoms with Crippen LogP contribution in [0, 0.1) is 14.9 Å². The summed E-state index contributed by atoms with van der Waals surface area (Å²) in [6, 6.07) is 16.6. The van der Waals surface area contributed by atoms with Gasteiger partial charge in [0.05, 0.1) is 34.4 Å². The number of nitriles is 1. The molecule has 1 aliphatic carbocycles. The van der Waals surface area contributed by atoms with Crippen molar-refractivity contribution in [1.82, 2.24) is 14.2 Å². The van der Waals surface area contributed by atoms with Gasteiger partial charge in [0.1, 0.15) is 0 Å². The Morgan fingerprint density at radius 2 is 1.81 bits per heavy atom. The second kappa shape index (κ2) is 8.54. The van der Waals surface area contributed by atoms with Crippen molar-refractivity contribution in [2.75, 3.05) is 26.2 Å². The minimum atomic E-state index is -0.340. The molecule has 0 spiro atoms. The summed E-state index contributed by atoms with van der Waals surface area (Å²) in [5.41, 5.74) is 3.92. The normalized spacial score (nSPS) is 17.8. The fourth-order valence-corrected chi connectivity index (χ4v) is 5.17. The summed E-state index contributed by atoms with van der Waals surface area (Å²) in [5, 5.41) is 10.5.